The zero-order chi connectivity index (χ0) is 19.9. The Balaban J connectivity index is 0. The van der Waals surface area contributed by atoms with Gasteiger partial charge in [0.2, 0.25) is 0 Å². The maximum absolute atomic E-state index is 11.4. The smallest absolute Gasteiger partial charge is 0.407 e. The van der Waals surface area contributed by atoms with Crippen LogP contribution in [-0.2, 0) is 14.3 Å². The predicted molar refractivity (Wildman–Crippen MR) is 102 cm³/mol. The van der Waals surface area contributed by atoms with Gasteiger partial charge in [0.1, 0.15) is 5.60 Å². The lowest BCUT2D eigenvalue weighted by Gasteiger charge is -2.20. The third kappa shape index (κ3) is 18.1. The van der Waals surface area contributed by atoms with Gasteiger partial charge < -0.3 is 20.5 Å². The minimum atomic E-state index is -0.482. The number of amides is 1. The van der Waals surface area contributed by atoms with Crippen molar-refractivity contribution >= 4 is 12.1 Å². The number of rotatable bonds is 7. The van der Waals surface area contributed by atoms with E-state index in [1.165, 1.54) is 6.92 Å². The molecule has 1 amide bonds. The molecule has 0 radical (unpaired) electrons. The molecule has 0 fully saturated rings. The average molecular weight is 354 g/mol. The molecule has 0 aromatic carbocycles. The molecule has 1 unspecified atom stereocenters. The maximum atomic E-state index is 11.4. The van der Waals surface area contributed by atoms with Crippen molar-refractivity contribution in [3.05, 3.63) is 36.5 Å². The highest BCUT2D eigenvalue weighted by Crippen LogP contribution is 2.07. The Morgan fingerprint density at radius 3 is 2.28 bits per heavy atom. The lowest BCUT2D eigenvalue weighted by molar-refractivity contribution is -0.140. The van der Waals surface area contributed by atoms with Crippen molar-refractivity contribution < 1.29 is 19.1 Å². The maximum Gasteiger partial charge on any atom is 0.407 e. The third-order valence-electron chi connectivity index (χ3n) is 2.62. The second kappa shape index (κ2) is 14.3. The molecule has 0 saturated carbocycles. The van der Waals surface area contributed by atoms with E-state index in [2.05, 4.69) is 16.6 Å². The number of allylic oxidation sites excluding steroid dienone is 3. The van der Waals surface area contributed by atoms with Crippen LogP contribution in [0.15, 0.2) is 36.5 Å². The first-order valence-electron chi connectivity index (χ1n) is 8.38. The van der Waals surface area contributed by atoms with Gasteiger partial charge in [0.15, 0.2) is 0 Å². The number of ether oxygens (including phenoxy) is 2. The summed E-state index contributed by atoms with van der Waals surface area (Å²) in [5.41, 5.74) is 6.48. The van der Waals surface area contributed by atoms with Crippen molar-refractivity contribution in [2.24, 2.45) is 5.73 Å². The van der Waals surface area contributed by atoms with E-state index in [4.69, 9.17) is 10.5 Å². The van der Waals surface area contributed by atoms with Crippen LogP contribution in [-0.4, -0.2) is 36.9 Å². The number of carbonyl (C=O) groups excluding carboxylic acids is 2. The summed E-state index contributed by atoms with van der Waals surface area (Å²) < 4.78 is 9.54. The Morgan fingerprint density at radius 1 is 1.32 bits per heavy atom. The lowest BCUT2D eigenvalue weighted by atomic mass is 10.0. The van der Waals surface area contributed by atoms with Gasteiger partial charge in [0.25, 0.3) is 0 Å². The number of carbonyl (C=O) groups is 2. The number of nitrogens with two attached hydrogens (primary N) is 1. The Bertz CT molecular complexity index is 463. The van der Waals surface area contributed by atoms with Gasteiger partial charge in [-0.05, 0) is 46.6 Å². The second-order valence-corrected chi connectivity index (χ2v) is 6.15. The van der Waals surface area contributed by atoms with Crippen LogP contribution in [0.4, 0.5) is 4.79 Å². The fourth-order valence-corrected chi connectivity index (χ4v) is 1.56. The van der Waals surface area contributed by atoms with Gasteiger partial charge in [-0.3, -0.25) is 4.79 Å². The quantitative estimate of drug-likeness (QED) is 0.539. The van der Waals surface area contributed by atoms with Crippen molar-refractivity contribution in [2.75, 3.05) is 13.2 Å². The topological polar surface area (TPSA) is 90.7 Å². The minimum absolute atomic E-state index is 0.149. The molecule has 0 heterocycles. The molecule has 1 atom stereocenters. The summed E-state index contributed by atoms with van der Waals surface area (Å²) in [6.07, 6.45) is 7.71. The molecule has 6 heteroatoms. The Morgan fingerprint density at radius 2 is 1.92 bits per heavy atom. The molecule has 6 nitrogen and oxygen atoms in total. The van der Waals surface area contributed by atoms with Crippen LogP contribution in [0.5, 0.6) is 0 Å². The summed E-state index contributed by atoms with van der Waals surface area (Å²) in [7, 11) is 0. The monoisotopic (exact) mass is 354 g/mol. The average Bonchev–Trinajstić information content (AvgIpc) is 2.46. The van der Waals surface area contributed by atoms with Gasteiger partial charge in [0.05, 0.1) is 6.61 Å². The molecule has 0 rings (SSSR count). The first-order chi connectivity index (χ1) is 11.6. The van der Waals surface area contributed by atoms with Crippen molar-refractivity contribution in [1.29, 1.82) is 0 Å². The summed E-state index contributed by atoms with van der Waals surface area (Å²) in [5.74, 6) is -0.211. The van der Waals surface area contributed by atoms with Crippen LogP contribution < -0.4 is 11.1 Å². The van der Waals surface area contributed by atoms with E-state index in [1.807, 2.05) is 45.9 Å². The SMILES string of the molecule is C=C/C(=C\C=C/C)C(N)CCNC(=O)OC(C)(C)C.CCOC(C)=O. The molecule has 0 aliphatic heterocycles. The molecule has 3 N–H and O–H groups in total. The van der Waals surface area contributed by atoms with Gasteiger partial charge in [-0.15, -0.1) is 0 Å². The fraction of sp³-hybridized carbons (Fsp3) is 0.579. The molecule has 0 saturated heterocycles. The van der Waals surface area contributed by atoms with Crippen LogP contribution >= 0.6 is 0 Å². The molecule has 0 spiro atoms. The van der Waals surface area contributed by atoms with E-state index < -0.39 is 11.7 Å². The zero-order valence-electron chi connectivity index (χ0n) is 16.4. The second-order valence-electron chi connectivity index (χ2n) is 6.15. The van der Waals surface area contributed by atoms with E-state index in [-0.39, 0.29) is 12.0 Å². The van der Waals surface area contributed by atoms with Gasteiger partial charge in [-0.25, -0.2) is 4.79 Å². The predicted octanol–water partition coefficient (Wildman–Crippen LogP) is 3.49. The normalized spacial score (nSPS) is 12.7. The van der Waals surface area contributed by atoms with Crippen molar-refractivity contribution in [3.63, 3.8) is 0 Å². The van der Waals surface area contributed by atoms with E-state index >= 15 is 0 Å². The van der Waals surface area contributed by atoms with E-state index in [1.54, 1.807) is 13.0 Å². The molecule has 25 heavy (non-hydrogen) atoms. The summed E-state index contributed by atoms with van der Waals surface area (Å²) in [4.78, 5) is 21.3. The third-order valence-corrected chi connectivity index (χ3v) is 2.62. The highest BCUT2D eigenvalue weighted by Gasteiger charge is 2.16. The first kappa shape index (κ1) is 25.2. The fourth-order valence-electron chi connectivity index (χ4n) is 1.56. The highest BCUT2D eigenvalue weighted by atomic mass is 16.6. The number of alkyl carbamates (subject to hydrolysis) is 1. The summed E-state index contributed by atoms with van der Waals surface area (Å²) >= 11 is 0. The van der Waals surface area contributed by atoms with Crippen LogP contribution in [0.25, 0.3) is 0 Å². The van der Waals surface area contributed by atoms with E-state index in [0.717, 1.165) is 5.57 Å². The van der Waals surface area contributed by atoms with Crippen LogP contribution in [0.3, 0.4) is 0 Å². The van der Waals surface area contributed by atoms with E-state index in [0.29, 0.717) is 19.6 Å². The number of nitrogens with one attached hydrogen (secondary N) is 1. The van der Waals surface area contributed by atoms with Crippen LogP contribution in [0, 0.1) is 0 Å². The summed E-state index contributed by atoms with van der Waals surface area (Å²) in [5, 5.41) is 2.68. The molecular formula is C19H34N2O4. The van der Waals surface area contributed by atoms with Gasteiger partial charge in [-0.2, -0.15) is 0 Å². The molecule has 144 valence electrons. The highest BCUT2D eigenvalue weighted by molar-refractivity contribution is 5.67. The van der Waals surface area contributed by atoms with Gasteiger partial charge in [-0.1, -0.05) is 30.9 Å². The zero-order valence-corrected chi connectivity index (χ0v) is 16.4. The standard InChI is InChI=1S/C15H26N2O2.C4H8O2/c1-6-8-9-12(7-2)13(16)10-11-17-14(18)19-15(3,4)5;1-3-6-4(2)5/h6-9,13H,2,10-11,16H2,1,3-5H3,(H,17,18);3H2,1-2H3/b8-6-,12-9+;. The Labute approximate surface area is 152 Å². The minimum Gasteiger partial charge on any atom is -0.466 e. The van der Waals surface area contributed by atoms with Crippen molar-refractivity contribution in [1.82, 2.24) is 5.32 Å². The summed E-state index contributed by atoms with van der Waals surface area (Å²) in [6, 6.07) is -0.149. The van der Waals surface area contributed by atoms with Crippen molar-refractivity contribution in [2.45, 2.75) is 59.6 Å². The first-order valence-corrected chi connectivity index (χ1v) is 8.38. The molecular weight excluding hydrogens is 320 g/mol. The molecule has 0 aromatic rings. The number of esters is 1. The van der Waals surface area contributed by atoms with Crippen molar-refractivity contribution in [3.8, 4) is 0 Å². The number of hydrogen-bond acceptors (Lipinski definition) is 5. The molecule has 0 bridgehead atoms. The Kier molecular flexibility index (Phi) is 14.4. The van der Waals surface area contributed by atoms with Gasteiger partial charge in [0, 0.05) is 19.5 Å². The van der Waals surface area contributed by atoms with Crippen LogP contribution in [0.2, 0.25) is 0 Å². The molecule has 0 aliphatic carbocycles. The molecule has 0 aliphatic rings. The summed E-state index contributed by atoms with van der Waals surface area (Å²) in [6.45, 7) is 15.3. The largest absolute Gasteiger partial charge is 0.466 e. The Hall–Kier alpha value is -2.08. The lowest BCUT2D eigenvalue weighted by Crippen LogP contribution is -2.35. The van der Waals surface area contributed by atoms with E-state index in [9.17, 15) is 9.59 Å². The molecule has 0 aromatic heterocycles. The number of hydrogen-bond donors (Lipinski definition) is 2. The van der Waals surface area contributed by atoms with Crippen LogP contribution in [0.1, 0.15) is 48.0 Å². The van der Waals surface area contributed by atoms with Gasteiger partial charge >= 0.3 is 12.1 Å².